The van der Waals surface area contributed by atoms with Crippen LogP contribution in [0.2, 0.25) is 0 Å². The highest BCUT2D eigenvalue weighted by Gasteiger charge is 2.21. The van der Waals surface area contributed by atoms with Gasteiger partial charge in [0, 0.05) is 6.07 Å². The summed E-state index contributed by atoms with van der Waals surface area (Å²) in [5.41, 5.74) is 3.59. The average molecular weight is 208 g/mol. The van der Waals surface area contributed by atoms with E-state index in [1.54, 1.807) is 0 Å². The highest BCUT2D eigenvalue weighted by Crippen LogP contribution is 2.18. The van der Waals surface area contributed by atoms with E-state index in [1.807, 2.05) is 0 Å². The molecule has 0 saturated carbocycles. The van der Waals surface area contributed by atoms with Gasteiger partial charge in [0.25, 0.3) is 0 Å². The smallest absolute Gasteiger partial charge is 0.176 e. The topological polar surface area (TPSA) is 58.6 Å². The van der Waals surface area contributed by atoms with E-state index in [2.05, 4.69) is 5.16 Å². The summed E-state index contributed by atoms with van der Waals surface area (Å²) in [7, 11) is 0. The minimum atomic E-state index is -1.71. The van der Waals surface area contributed by atoms with Gasteiger partial charge in [-0.25, -0.2) is 17.6 Å². The molecule has 3 N–H and O–H groups in total. The molecule has 7 heteroatoms. The van der Waals surface area contributed by atoms with Gasteiger partial charge >= 0.3 is 0 Å². The number of amidine groups is 1. The van der Waals surface area contributed by atoms with Crippen molar-refractivity contribution in [2.75, 3.05) is 0 Å². The molecule has 0 saturated heterocycles. The van der Waals surface area contributed by atoms with E-state index in [9.17, 15) is 17.6 Å². The summed E-state index contributed by atoms with van der Waals surface area (Å²) in [6.07, 6.45) is 0. The third kappa shape index (κ3) is 1.48. The van der Waals surface area contributed by atoms with Crippen molar-refractivity contribution in [1.82, 2.24) is 0 Å². The maximum atomic E-state index is 12.8. The van der Waals surface area contributed by atoms with E-state index in [-0.39, 0.29) is 6.07 Å². The predicted octanol–water partition coefficient (Wildman–Crippen LogP) is 1.34. The largest absolute Gasteiger partial charge is 0.409 e. The Bertz CT molecular complexity index is 379. The van der Waals surface area contributed by atoms with E-state index in [0.717, 1.165) is 0 Å². The number of nitrogens with two attached hydrogens (primary N) is 1. The molecule has 14 heavy (non-hydrogen) atoms. The molecule has 0 amide bonds. The van der Waals surface area contributed by atoms with Gasteiger partial charge in [0.15, 0.2) is 29.1 Å². The molecule has 0 unspecified atom stereocenters. The molecule has 1 aromatic rings. The summed E-state index contributed by atoms with van der Waals surface area (Å²) in [6, 6.07) is 0.0266. The van der Waals surface area contributed by atoms with Gasteiger partial charge in [-0.15, -0.1) is 0 Å². The van der Waals surface area contributed by atoms with E-state index in [1.165, 1.54) is 0 Å². The molecule has 0 fully saturated rings. The third-order valence-corrected chi connectivity index (χ3v) is 1.48. The molecular weight excluding hydrogens is 204 g/mol. The molecular formula is C7H4F4N2O. The predicted molar refractivity (Wildman–Crippen MR) is 38.8 cm³/mol. The maximum absolute atomic E-state index is 12.8. The SMILES string of the molecule is N/C(=N\O)c1c(F)c(F)cc(F)c1F. The van der Waals surface area contributed by atoms with Crippen LogP contribution in [0.4, 0.5) is 17.6 Å². The zero-order chi connectivity index (χ0) is 10.9. The summed E-state index contributed by atoms with van der Waals surface area (Å²) in [6.45, 7) is 0. The molecule has 0 aliphatic rings. The first-order valence-electron chi connectivity index (χ1n) is 3.30. The van der Waals surface area contributed by atoms with E-state index < -0.39 is 34.7 Å². The van der Waals surface area contributed by atoms with Crippen LogP contribution in [0.5, 0.6) is 0 Å². The lowest BCUT2D eigenvalue weighted by molar-refractivity contribution is 0.317. The number of nitrogens with zero attached hydrogens (tertiary/aromatic N) is 1. The Labute approximate surface area is 75.4 Å². The molecule has 1 rings (SSSR count). The summed E-state index contributed by atoms with van der Waals surface area (Å²) < 4.78 is 50.7. The number of hydrogen-bond acceptors (Lipinski definition) is 2. The number of benzene rings is 1. The van der Waals surface area contributed by atoms with Gasteiger partial charge in [-0.3, -0.25) is 0 Å². The second-order valence-corrected chi connectivity index (χ2v) is 2.33. The molecule has 0 aromatic heterocycles. The van der Waals surface area contributed by atoms with E-state index in [4.69, 9.17) is 10.9 Å². The zero-order valence-corrected chi connectivity index (χ0v) is 6.56. The lowest BCUT2D eigenvalue weighted by atomic mass is 10.1. The fourth-order valence-electron chi connectivity index (χ4n) is 0.848. The Hall–Kier alpha value is -1.79. The van der Waals surface area contributed by atoms with Crippen molar-refractivity contribution >= 4 is 5.84 Å². The van der Waals surface area contributed by atoms with Gasteiger partial charge in [-0.1, -0.05) is 5.16 Å². The molecule has 0 heterocycles. The average Bonchev–Trinajstić information content (AvgIpc) is 2.15. The fourth-order valence-corrected chi connectivity index (χ4v) is 0.848. The first-order valence-corrected chi connectivity index (χ1v) is 3.30. The number of hydrogen-bond donors (Lipinski definition) is 2. The van der Waals surface area contributed by atoms with Crippen LogP contribution in [0.15, 0.2) is 11.2 Å². The maximum Gasteiger partial charge on any atom is 0.176 e. The molecule has 76 valence electrons. The number of halogens is 4. The Kier molecular flexibility index (Phi) is 2.59. The number of rotatable bonds is 1. The molecule has 0 radical (unpaired) electrons. The van der Waals surface area contributed by atoms with Crippen LogP contribution >= 0.6 is 0 Å². The minimum Gasteiger partial charge on any atom is -0.409 e. The summed E-state index contributed by atoms with van der Waals surface area (Å²) in [4.78, 5) is 0. The first kappa shape index (κ1) is 10.3. The van der Waals surface area contributed by atoms with Crippen LogP contribution in [0, 0.1) is 23.3 Å². The fraction of sp³-hybridized carbons (Fsp3) is 0. The summed E-state index contributed by atoms with van der Waals surface area (Å²) in [5, 5.41) is 10.3. The third-order valence-electron chi connectivity index (χ3n) is 1.48. The molecule has 0 spiro atoms. The van der Waals surface area contributed by atoms with Gasteiger partial charge < -0.3 is 10.9 Å². The Balaban J connectivity index is 3.55. The van der Waals surface area contributed by atoms with Gasteiger partial charge in [-0.2, -0.15) is 0 Å². The standard InChI is InChI=1S/C7H4F4N2O/c8-2-1-3(9)6(11)4(5(2)10)7(12)13-14/h1,14H,(H2,12,13). The lowest BCUT2D eigenvalue weighted by Gasteiger charge is -2.04. The summed E-state index contributed by atoms with van der Waals surface area (Å²) >= 11 is 0. The molecule has 0 aliphatic carbocycles. The van der Waals surface area contributed by atoms with Crippen molar-refractivity contribution in [3.8, 4) is 0 Å². The Morgan fingerprint density at radius 3 is 1.93 bits per heavy atom. The highest BCUT2D eigenvalue weighted by atomic mass is 19.2. The zero-order valence-electron chi connectivity index (χ0n) is 6.56. The van der Waals surface area contributed by atoms with Gasteiger partial charge in [0.1, 0.15) is 0 Å². The second kappa shape index (κ2) is 3.52. The molecule has 0 bridgehead atoms. The Morgan fingerprint density at radius 2 is 1.57 bits per heavy atom. The van der Waals surface area contributed by atoms with Crippen molar-refractivity contribution in [2.24, 2.45) is 10.9 Å². The van der Waals surface area contributed by atoms with Crippen LogP contribution in [0.3, 0.4) is 0 Å². The van der Waals surface area contributed by atoms with Gasteiger partial charge in [0.2, 0.25) is 0 Å². The van der Waals surface area contributed by atoms with Crippen LogP contribution in [-0.4, -0.2) is 11.0 Å². The second-order valence-electron chi connectivity index (χ2n) is 2.33. The van der Waals surface area contributed by atoms with Gasteiger partial charge in [0.05, 0.1) is 5.56 Å². The lowest BCUT2D eigenvalue weighted by Crippen LogP contribution is -2.19. The van der Waals surface area contributed by atoms with Crippen LogP contribution < -0.4 is 5.73 Å². The quantitative estimate of drug-likeness (QED) is 0.183. The van der Waals surface area contributed by atoms with Crippen LogP contribution in [-0.2, 0) is 0 Å². The van der Waals surface area contributed by atoms with Crippen molar-refractivity contribution in [3.63, 3.8) is 0 Å². The van der Waals surface area contributed by atoms with Crippen molar-refractivity contribution in [1.29, 1.82) is 0 Å². The molecule has 0 atom stereocenters. The normalized spacial score (nSPS) is 11.9. The number of oxime groups is 1. The van der Waals surface area contributed by atoms with Crippen LogP contribution in [0.25, 0.3) is 0 Å². The summed E-state index contributed by atoms with van der Waals surface area (Å²) in [5.74, 6) is -7.70. The first-order chi connectivity index (χ1) is 6.49. The molecule has 0 aliphatic heterocycles. The van der Waals surface area contributed by atoms with Crippen molar-refractivity contribution in [2.45, 2.75) is 0 Å². The van der Waals surface area contributed by atoms with Crippen LogP contribution in [0.1, 0.15) is 5.56 Å². The van der Waals surface area contributed by atoms with Gasteiger partial charge in [-0.05, 0) is 0 Å². The van der Waals surface area contributed by atoms with E-state index in [0.29, 0.717) is 0 Å². The monoisotopic (exact) mass is 208 g/mol. The van der Waals surface area contributed by atoms with Crippen molar-refractivity contribution < 1.29 is 22.8 Å². The van der Waals surface area contributed by atoms with Crippen molar-refractivity contribution in [3.05, 3.63) is 34.9 Å². The molecule has 3 nitrogen and oxygen atoms in total. The Morgan fingerprint density at radius 1 is 1.14 bits per heavy atom. The molecule has 1 aromatic carbocycles. The van der Waals surface area contributed by atoms with E-state index >= 15 is 0 Å². The highest BCUT2D eigenvalue weighted by molar-refractivity contribution is 5.97. The minimum absolute atomic E-state index is 0.0266.